The molecule has 0 spiro atoms. The molecule has 2 fully saturated rings. The molecule has 0 bridgehead atoms. The first-order valence-electron chi connectivity index (χ1n) is 9.02. The summed E-state index contributed by atoms with van der Waals surface area (Å²) in [7, 11) is 1.68. The topological polar surface area (TPSA) is 50.8 Å². The van der Waals surface area contributed by atoms with Crippen molar-refractivity contribution in [2.24, 2.45) is 0 Å². The molecule has 1 aromatic carbocycles. The third-order valence-electron chi connectivity index (χ3n) is 4.99. The number of likely N-dealkylation sites (tertiary alicyclic amines) is 1. The van der Waals surface area contributed by atoms with Gasteiger partial charge in [-0.2, -0.15) is 0 Å². The number of nitrogens with zero attached hydrogens (tertiary/aromatic N) is 1. The van der Waals surface area contributed by atoms with Crippen LogP contribution in [0.5, 0.6) is 5.75 Å². The Balaban J connectivity index is 0.00000225. The number of nitrogens with one attached hydrogen (secondary N) is 1. The van der Waals surface area contributed by atoms with Crippen LogP contribution >= 0.6 is 12.4 Å². The highest BCUT2D eigenvalue weighted by atomic mass is 35.5. The molecule has 2 saturated heterocycles. The molecule has 2 aliphatic heterocycles. The monoisotopic (exact) mass is 368 g/mol. The molecule has 0 radical (unpaired) electrons. The highest BCUT2D eigenvalue weighted by Crippen LogP contribution is 2.31. The summed E-state index contributed by atoms with van der Waals surface area (Å²) < 4.78 is 10.7. The van der Waals surface area contributed by atoms with Crippen LogP contribution in [0.3, 0.4) is 0 Å². The molecule has 2 heterocycles. The van der Waals surface area contributed by atoms with E-state index >= 15 is 0 Å². The van der Waals surface area contributed by atoms with Crippen molar-refractivity contribution in [3.05, 3.63) is 29.8 Å². The molecule has 2 unspecified atom stereocenters. The molecular weight excluding hydrogens is 340 g/mol. The lowest BCUT2D eigenvalue weighted by Crippen LogP contribution is -2.45. The van der Waals surface area contributed by atoms with Gasteiger partial charge in [-0.15, -0.1) is 12.4 Å². The summed E-state index contributed by atoms with van der Waals surface area (Å²) in [6.45, 7) is 3.05. The third-order valence-corrected chi connectivity index (χ3v) is 4.99. The van der Waals surface area contributed by atoms with E-state index in [2.05, 4.69) is 22.3 Å². The van der Waals surface area contributed by atoms with E-state index in [0.29, 0.717) is 13.0 Å². The van der Waals surface area contributed by atoms with Crippen LogP contribution in [0.15, 0.2) is 24.3 Å². The molecule has 1 amide bonds. The molecule has 5 nitrogen and oxygen atoms in total. The Labute approximate surface area is 156 Å². The first-order chi connectivity index (χ1) is 11.8. The van der Waals surface area contributed by atoms with Crippen LogP contribution in [0.4, 0.5) is 0 Å². The van der Waals surface area contributed by atoms with Gasteiger partial charge in [-0.1, -0.05) is 25.0 Å². The van der Waals surface area contributed by atoms with Gasteiger partial charge in [0.25, 0.3) is 0 Å². The third kappa shape index (κ3) is 5.33. The first kappa shape index (κ1) is 20.0. The van der Waals surface area contributed by atoms with Crippen LogP contribution in [-0.2, 0) is 9.53 Å². The second-order valence-electron chi connectivity index (χ2n) is 6.66. The van der Waals surface area contributed by atoms with Crippen molar-refractivity contribution < 1.29 is 14.3 Å². The fraction of sp³-hybridized carbons (Fsp3) is 0.632. The summed E-state index contributed by atoms with van der Waals surface area (Å²) >= 11 is 0. The lowest BCUT2D eigenvalue weighted by molar-refractivity contribution is -0.135. The highest BCUT2D eigenvalue weighted by molar-refractivity contribution is 5.85. The zero-order valence-corrected chi connectivity index (χ0v) is 15.7. The average Bonchev–Trinajstić information content (AvgIpc) is 2.89. The highest BCUT2D eigenvalue weighted by Gasteiger charge is 2.28. The van der Waals surface area contributed by atoms with Gasteiger partial charge in [-0.05, 0) is 30.5 Å². The summed E-state index contributed by atoms with van der Waals surface area (Å²) in [6, 6.07) is 8.48. The zero-order valence-electron chi connectivity index (χ0n) is 14.9. The van der Waals surface area contributed by atoms with Gasteiger partial charge in [0.2, 0.25) is 5.91 Å². The number of methoxy groups -OCH3 is 1. The van der Waals surface area contributed by atoms with Crippen molar-refractivity contribution in [3.63, 3.8) is 0 Å². The quantitative estimate of drug-likeness (QED) is 0.887. The smallest absolute Gasteiger partial charge is 0.224 e. The Morgan fingerprint density at radius 2 is 2.08 bits per heavy atom. The molecule has 0 saturated carbocycles. The molecule has 25 heavy (non-hydrogen) atoms. The van der Waals surface area contributed by atoms with Gasteiger partial charge in [0.05, 0.1) is 26.4 Å². The maximum atomic E-state index is 12.9. The van der Waals surface area contributed by atoms with Crippen LogP contribution in [0.1, 0.15) is 43.7 Å². The second kappa shape index (κ2) is 10.00. The van der Waals surface area contributed by atoms with Gasteiger partial charge in [-0.25, -0.2) is 0 Å². The zero-order chi connectivity index (χ0) is 16.8. The van der Waals surface area contributed by atoms with Crippen molar-refractivity contribution in [2.45, 2.75) is 44.2 Å². The standard InChI is InChI=1S/C19H28N2O3.ClH/c1-23-17-8-6-15(7-9-17)18-5-3-2-4-11-21(18)19(22)13-16-14-24-12-10-20-16;/h6-9,16,18,20H,2-5,10-14H2,1H3;1H. The molecular formula is C19H29ClN2O3. The Morgan fingerprint density at radius 3 is 2.76 bits per heavy atom. The second-order valence-corrected chi connectivity index (χ2v) is 6.66. The van der Waals surface area contributed by atoms with Gasteiger partial charge in [0, 0.05) is 25.6 Å². The molecule has 2 atom stereocenters. The number of ether oxygens (including phenoxy) is 2. The first-order valence-corrected chi connectivity index (χ1v) is 9.02. The number of amides is 1. The SMILES string of the molecule is COc1ccc(C2CCCCCN2C(=O)CC2COCCN2)cc1.Cl. The lowest BCUT2D eigenvalue weighted by atomic mass is 10.00. The molecule has 140 valence electrons. The van der Waals surface area contributed by atoms with Crippen LogP contribution in [-0.4, -0.2) is 50.3 Å². The van der Waals surface area contributed by atoms with E-state index in [0.717, 1.165) is 38.3 Å². The van der Waals surface area contributed by atoms with E-state index < -0.39 is 0 Å². The molecule has 2 aliphatic rings. The van der Waals surface area contributed by atoms with Crippen LogP contribution < -0.4 is 10.1 Å². The number of hydrogen-bond acceptors (Lipinski definition) is 4. The van der Waals surface area contributed by atoms with E-state index in [-0.39, 0.29) is 30.4 Å². The average molecular weight is 369 g/mol. The van der Waals surface area contributed by atoms with Crippen molar-refractivity contribution in [2.75, 3.05) is 33.4 Å². The predicted octanol–water partition coefficient (Wildman–Crippen LogP) is 2.94. The Kier molecular flexibility index (Phi) is 8.00. The number of halogens is 1. The minimum absolute atomic E-state index is 0. The summed E-state index contributed by atoms with van der Waals surface area (Å²) in [6.07, 6.45) is 5.01. The van der Waals surface area contributed by atoms with Crippen molar-refractivity contribution in [3.8, 4) is 5.75 Å². The summed E-state index contributed by atoms with van der Waals surface area (Å²) in [5.74, 6) is 1.09. The fourth-order valence-electron chi connectivity index (χ4n) is 3.66. The molecule has 1 N–H and O–H groups in total. The van der Waals surface area contributed by atoms with E-state index in [1.807, 2.05) is 12.1 Å². The van der Waals surface area contributed by atoms with Crippen LogP contribution in [0.25, 0.3) is 0 Å². The summed E-state index contributed by atoms with van der Waals surface area (Å²) in [5, 5.41) is 3.39. The number of benzene rings is 1. The summed E-state index contributed by atoms with van der Waals surface area (Å²) in [5.41, 5.74) is 1.21. The van der Waals surface area contributed by atoms with E-state index in [4.69, 9.17) is 9.47 Å². The van der Waals surface area contributed by atoms with E-state index in [9.17, 15) is 4.79 Å². The summed E-state index contributed by atoms with van der Waals surface area (Å²) in [4.78, 5) is 15.0. The molecule has 0 aromatic heterocycles. The lowest BCUT2D eigenvalue weighted by Gasteiger charge is -2.33. The molecule has 6 heteroatoms. The van der Waals surface area contributed by atoms with E-state index in [1.165, 1.54) is 18.4 Å². The largest absolute Gasteiger partial charge is 0.497 e. The minimum Gasteiger partial charge on any atom is -0.497 e. The van der Waals surface area contributed by atoms with Crippen LogP contribution in [0.2, 0.25) is 0 Å². The number of hydrogen-bond donors (Lipinski definition) is 1. The molecule has 0 aliphatic carbocycles. The number of carbonyl (C=O) groups excluding carboxylic acids is 1. The molecule has 3 rings (SSSR count). The predicted molar refractivity (Wildman–Crippen MR) is 100 cm³/mol. The number of carbonyl (C=O) groups is 1. The van der Waals surface area contributed by atoms with Gasteiger partial charge >= 0.3 is 0 Å². The van der Waals surface area contributed by atoms with Gasteiger partial charge in [0.1, 0.15) is 5.75 Å². The normalized spacial score (nSPS) is 24.1. The number of rotatable bonds is 4. The Bertz CT molecular complexity index is 532. The molecule has 1 aromatic rings. The van der Waals surface area contributed by atoms with Crippen molar-refractivity contribution >= 4 is 18.3 Å². The fourth-order valence-corrected chi connectivity index (χ4v) is 3.66. The minimum atomic E-state index is 0. The van der Waals surface area contributed by atoms with Crippen molar-refractivity contribution in [1.29, 1.82) is 0 Å². The van der Waals surface area contributed by atoms with Gasteiger partial charge < -0.3 is 19.7 Å². The maximum absolute atomic E-state index is 12.9. The van der Waals surface area contributed by atoms with Crippen molar-refractivity contribution in [1.82, 2.24) is 10.2 Å². The maximum Gasteiger partial charge on any atom is 0.224 e. The van der Waals surface area contributed by atoms with Crippen LogP contribution in [0, 0.1) is 0 Å². The number of morpholine rings is 1. The Hall–Kier alpha value is -1.30. The van der Waals surface area contributed by atoms with E-state index in [1.54, 1.807) is 7.11 Å². The van der Waals surface area contributed by atoms with Gasteiger partial charge in [-0.3, -0.25) is 4.79 Å². The van der Waals surface area contributed by atoms with Gasteiger partial charge in [0.15, 0.2) is 0 Å². The Morgan fingerprint density at radius 1 is 1.28 bits per heavy atom.